The van der Waals surface area contributed by atoms with Crippen molar-refractivity contribution in [1.82, 2.24) is 15.5 Å². The van der Waals surface area contributed by atoms with Crippen LogP contribution in [-0.4, -0.2) is 55.5 Å². The van der Waals surface area contributed by atoms with Crippen LogP contribution in [-0.2, 0) is 11.3 Å². The molecule has 2 heterocycles. The van der Waals surface area contributed by atoms with Crippen molar-refractivity contribution in [2.24, 2.45) is 4.99 Å². The summed E-state index contributed by atoms with van der Waals surface area (Å²) in [7, 11) is 0. The Labute approximate surface area is 169 Å². The molecule has 3 rings (SSSR count). The maximum absolute atomic E-state index is 12.1. The summed E-state index contributed by atoms with van der Waals surface area (Å²) in [4.78, 5) is 21.3. The van der Waals surface area contributed by atoms with Gasteiger partial charge in [-0.15, -0.1) is 0 Å². The fourth-order valence-corrected chi connectivity index (χ4v) is 4.13. The molecule has 2 fully saturated rings. The normalized spacial score (nSPS) is 21.2. The fraction of sp³-hybridized carbons (Fsp3) is 0.636. The molecule has 6 nitrogen and oxygen atoms in total. The van der Waals surface area contributed by atoms with E-state index in [1.54, 1.807) is 0 Å². The van der Waals surface area contributed by atoms with Gasteiger partial charge in [0.1, 0.15) is 0 Å². The van der Waals surface area contributed by atoms with E-state index >= 15 is 0 Å². The summed E-state index contributed by atoms with van der Waals surface area (Å²) < 4.78 is 0. The lowest BCUT2D eigenvalue weighted by Gasteiger charge is -2.26. The van der Waals surface area contributed by atoms with Crippen molar-refractivity contribution in [3.8, 4) is 0 Å². The van der Waals surface area contributed by atoms with Crippen molar-refractivity contribution in [2.45, 2.75) is 58.5 Å². The molecule has 0 aliphatic carbocycles. The van der Waals surface area contributed by atoms with E-state index in [9.17, 15) is 4.79 Å². The lowest BCUT2D eigenvalue weighted by molar-refractivity contribution is -0.119. The number of nitrogens with zero attached hydrogens (tertiary/aromatic N) is 3. The van der Waals surface area contributed by atoms with Gasteiger partial charge in [0.05, 0.1) is 6.54 Å². The zero-order chi connectivity index (χ0) is 19.8. The van der Waals surface area contributed by atoms with Crippen molar-refractivity contribution < 1.29 is 4.79 Å². The molecule has 1 aromatic carbocycles. The summed E-state index contributed by atoms with van der Waals surface area (Å²) in [6, 6.07) is 8.87. The molecule has 0 aromatic heterocycles. The lowest BCUT2D eigenvalue weighted by Crippen LogP contribution is -2.44. The van der Waals surface area contributed by atoms with Gasteiger partial charge in [-0.05, 0) is 63.4 Å². The van der Waals surface area contributed by atoms with Crippen LogP contribution in [0.3, 0.4) is 0 Å². The summed E-state index contributed by atoms with van der Waals surface area (Å²) in [5.41, 5.74) is 2.16. The third kappa shape index (κ3) is 5.47. The minimum absolute atomic E-state index is 0.240. The second-order valence-electron chi connectivity index (χ2n) is 7.67. The topological polar surface area (TPSA) is 60.0 Å². The fourth-order valence-electron chi connectivity index (χ4n) is 4.13. The number of aliphatic imine (C=N–C) groups is 1. The smallest absolute Gasteiger partial charge is 0.226 e. The Bertz CT molecular complexity index is 657. The predicted octanol–water partition coefficient (Wildman–Crippen LogP) is 2.74. The van der Waals surface area contributed by atoms with Gasteiger partial charge < -0.3 is 15.5 Å². The molecule has 1 atom stereocenters. The van der Waals surface area contributed by atoms with Crippen LogP contribution in [0.25, 0.3) is 0 Å². The molecule has 2 N–H and O–H groups in total. The number of amides is 1. The van der Waals surface area contributed by atoms with E-state index in [1.165, 1.54) is 19.4 Å². The first-order chi connectivity index (χ1) is 13.7. The molecule has 2 aliphatic heterocycles. The Morgan fingerprint density at radius 3 is 2.64 bits per heavy atom. The highest BCUT2D eigenvalue weighted by Gasteiger charge is 2.22. The highest BCUT2D eigenvalue weighted by molar-refractivity contribution is 5.93. The summed E-state index contributed by atoms with van der Waals surface area (Å²) in [6.45, 7) is 9.91. The molecule has 1 amide bonds. The van der Waals surface area contributed by atoms with E-state index in [0.717, 1.165) is 56.2 Å². The molecule has 0 radical (unpaired) electrons. The number of guanidine groups is 1. The van der Waals surface area contributed by atoms with Crippen LogP contribution in [0.4, 0.5) is 5.69 Å². The highest BCUT2D eigenvalue weighted by Crippen LogP contribution is 2.21. The number of piperidine rings is 1. The van der Waals surface area contributed by atoms with Gasteiger partial charge >= 0.3 is 0 Å². The number of benzene rings is 1. The number of carbonyl (C=O) groups is 1. The van der Waals surface area contributed by atoms with E-state index < -0.39 is 0 Å². The molecule has 154 valence electrons. The minimum Gasteiger partial charge on any atom is -0.357 e. The van der Waals surface area contributed by atoms with Crippen molar-refractivity contribution in [3.63, 3.8) is 0 Å². The Hall–Kier alpha value is -2.08. The number of likely N-dealkylation sites (tertiary alicyclic amines) is 1. The maximum Gasteiger partial charge on any atom is 0.226 e. The van der Waals surface area contributed by atoms with Crippen LogP contribution >= 0.6 is 0 Å². The summed E-state index contributed by atoms with van der Waals surface area (Å²) in [5.74, 6) is 1.12. The average molecular weight is 386 g/mol. The molecular formula is C22H35N5O. The van der Waals surface area contributed by atoms with E-state index in [1.807, 2.05) is 17.0 Å². The highest BCUT2D eigenvalue weighted by atomic mass is 16.2. The Morgan fingerprint density at radius 1 is 1.11 bits per heavy atom. The third-order valence-electron chi connectivity index (χ3n) is 5.75. The molecule has 0 spiro atoms. The quantitative estimate of drug-likeness (QED) is 0.560. The monoisotopic (exact) mass is 385 g/mol. The van der Waals surface area contributed by atoms with Gasteiger partial charge in [0, 0.05) is 37.8 Å². The summed E-state index contributed by atoms with van der Waals surface area (Å²) in [5, 5.41) is 6.86. The predicted molar refractivity (Wildman–Crippen MR) is 116 cm³/mol. The number of hydrogen-bond acceptors (Lipinski definition) is 3. The van der Waals surface area contributed by atoms with E-state index in [2.05, 4.69) is 41.5 Å². The van der Waals surface area contributed by atoms with Gasteiger partial charge in [-0.25, -0.2) is 4.99 Å². The third-order valence-corrected chi connectivity index (χ3v) is 5.75. The summed E-state index contributed by atoms with van der Waals surface area (Å²) in [6.07, 6.45) is 5.32. The summed E-state index contributed by atoms with van der Waals surface area (Å²) >= 11 is 0. The first kappa shape index (κ1) is 20.6. The Balaban J connectivity index is 1.55. The largest absolute Gasteiger partial charge is 0.357 e. The van der Waals surface area contributed by atoms with Crippen LogP contribution in [0.5, 0.6) is 0 Å². The lowest BCUT2D eigenvalue weighted by atomic mass is 10.1. The first-order valence-corrected chi connectivity index (χ1v) is 10.9. The van der Waals surface area contributed by atoms with Crippen LogP contribution in [0.1, 0.15) is 51.5 Å². The standard InChI is InChI=1S/C22H35N5O/c1-3-23-22(25-17-20-8-7-14-26(20)4-2)24-16-18-10-12-19(13-11-18)27-15-6-5-9-21(27)28/h10-13,20H,3-9,14-17H2,1-2H3,(H2,23,24,25). The van der Waals surface area contributed by atoms with Crippen LogP contribution in [0.2, 0.25) is 0 Å². The molecule has 2 saturated heterocycles. The van der Waals surface area contributed by atoms with Gasteiger partial charge in [-0.2, -0.15) is 0 Å². The number of hydrogen-bond donors (Lipinski definition) is 2. The second kappa shape index (κ2) is 10.5. The SMILES string of the molecule is CCNC(=NCc1ccc(N2CCCCC2=O)cc1)NCC1CCCN1CC. The van der Waals surface area contributed by atoms with Gasteiger partial charge in [-0.1, -0.05) is 19.1 Å². The molecule has 1 aromatic rings. The Kier molecular flexibility index (Phi) is 7.71. The second-order valence-corrected chi connectivity index (χ2v) is 7.67. The van der Waals surface area contributed by atoms with E-state index in [0.29, 0.717) is 19.0 Å². The van der Waals surface area contributed by atoms with Crippen LogP contribution in [0.15, 0.2) is 29.3 Å². The van der Waals surface area contributed by atoms with Gasteiger partial charge in [0.25, 0.3) is 0 Å². The van der Waals surface area contributed by atoms with Crippen molar-refractivity contribution >= 4 is 17.6 Å². The number of anilines is 1. The first-order valence-electron chi connectivity index (χ1n) is 10.9. The zero-order valence-electron chi connectivity index (χ0n) is 17.4. The molecule has 6 heteroatoms. The van der Waals surface area contributed by atoms with Crippen LogP contribution in [0, 0.1) is 0 Å². The molecule has 0 saturated carbocycles. The number of carbonyl (C=O) groups excluding carboxylic acids is 1. The van der Waals surface area contributed by atoms with E-state index in [4.69, 9.17) is 4.99 Å². The molecular weight excluding hydrogens is 350 g/mol. The van der Waals surface area contributed by atoms with Crippen molar-refractivity contribution in [2.75, 3.05) is 37.6 Å². The molecule has 1 unspecified atom stereocenters. The van der Waals surface area contributed by atoms with Gasteiger partial charge in [0.15, 0.2) is 5.96 Å². The van der Waals surface area contributed by atoms with E-state index in [-0.39, 0.29) is 5.91 Å². The number of nitrogens with one attached hydrogen (secondary N) is 2. The number of rotatable bonds is 7. The molecule has 28 heavy (non-hydrogen) atoms. The zero-order valence-corrected chi connectivity index (χ0v) is 17.4. The van der Waals surface area contributed by atoms with Gasteiger partial charge in [-0.3, -0.25) is 9.69 Å². The maximum atomic E-state index is 12.1. The van der Waals surface area contributed by atoms with Crippen molar-refractivity contribution in [1.29, 1.82) is 0 Å². The number of likely N-dealkylation sites (N-methyl/N-ethyl adjacent to an activating group) is 1. The average Bonchev–Trinajstić information content (AvgIpc) is 3.18. The van der Waals surface area contributed by atoms with Gasteiger partial charge in [0.2, 0.25) is 5.91 Å². The molecule has 0 bridgehead atoms. The minimum atomic E-state index is 0.240. The Morgan fingerprint density at radius 2 is 1.93 bits per heavy atom. The van der Waals surface area contributed by atoms with Crippen molar-refractivity contribution in [3.05, 3.63) is 29.8 Å². The van der Waals surface area contributed by atoms with Crippen LogP contribution < -0.4 is 15.5 Å². The molecule has 2 aliphatic rings.